The van der Waals surface area contributed by atoms with E-state index in [1.165, 1.54) is 11.3 Å². The molecule has 1 aromatic heterocycles. The molecule has 8 heteroatoms. The lowest BCUT2D eigenvalue weighted by atomic mass is 10.1. The summed E-state index contributed by atoms with van der Waals surface area (Å²) >= 11 is 13.4. The lowest BCUT2D eigenvalue weighted by molar-refractivity contribution is 0.168. The second-order valence-corrected chi connectivity index (χ2v) is 5.60. The summed E-state index contributed by atoms with van der Waals surface area (Å²) in [6.07, 6.45) is -0.0910. The van der Waals surface area contributed by atoms with E-state index >= 15 is 0 Å². The Morgan fingerprint density at radius 1 is 1.35 bits per heavy atom. The maximum Gasteiger partial charge on any atom is 0.413 e. The van der Waals surface area contributed by atoms with Gasteiger partial charge in [-0.25, -0.2) is 4.79 Å². The first-order valence-corrected chi connectivity index (χ1v) is 7.36. The molecule has 0 aliphatic carbocycles. The third kappa shape index (κ3) is 3.82. The second kappa shape index (κ2) is 6.88. The highest BCUT2D eigenvalue weighted by Crippen LogP contribution is 2.28. The first kappa shape index (κ1) is 15.0. The van der Waals surface area contributed by atoms with Gasteiger partial charge >= 0.3 is 6.09 Å². The van der Waals surface area contributed by atoms with Gasteiger partial charge in [-0.1, -0.05) is 40.6 Å². The van der Waals surface area contributed by atoms with Gasteiger partial charge in [-0.3, -0.25) is 5.32 Å². The number of carbonyl (C=O) groups excluding carboxylic acids is 1. The zero-order valence-corrected chi connectivity index (χ0v) is 12.8. The number of nitrogens with zero attached hydrogens (tertiary/aromatic N) is 2. The maximum atomic E-state index is 11.3. The zero-order chi connectivity index (χ0) is 14.5. The monoisotopic (exact) mass is 331 g/mol. The van der Waals surface area contributed by atoms with Crippen LogP contribution in [-0.2, 0) is 11.2 Å². The summed E-state index contributed by atoms with van der Waals surface area (Å²) in [7, 11) is 0. The molecule has 0 aliphatic rings. The Morgan fingerprint density at radius 2 is 2.05 bits per heavy atom. The standard InChI is InChI=1S/C12H11Cl2N3O2S/c1-2-19-12(18)15-11-17-16-10(20-11)6-7-8(13)4-3-5-9(7)14/h3-5H,2,6H2,1H3,(H,15,17,18). The highest BCUT2D eigenvalue weighted by Gasteiger charge is 2.12. The van der Waals surface area contributed by atoms with Crippen LogP contribution < -0.4 is 5.32 Å². The maximum absolute atomic E-state index is 11.3. The topological polar surface area (TPSA) is 64.1 Å². The molecule has 0 unspecified atom stereocenters. The minimum atomic E-state index is -0.550. The van der Waals surface area contributed by atoms with E-state index < -0.39 is 6.09 Å². The van der Waals surface area contributed by atoms with Crippen LogP contribution in [0.5, 0.6) is 0 Å². The number of ether oxygens (including phenoxy) is 1. The molecule has 0 atom stereocenters. The number of aromatic nitrogens is 2. The van der Waals surface area contributed by atoms with Crippen LogP contribution in [0.25, 0.3) is 0 Å². The Bertz CT molecular complexity index is 598. The van der Waals surface area contributed by atoms with Gasteiger partial charge in [-0.15, -0.1) is 10.2 Å². The van der Waals surface area contributed by atoms with Crippen molar-refractivity contribution in [1.29, 1.82) is 0 Å². The van der Waals surface area contributed by atoms with Crippen molar-refractivity contribution in [3.05, 3.63) is 38.8 Å². The minimum absolute atomic E-state index is 0.298. The van der Waals surface area contributed by atoms with Gasteiger partial charge in [0, 0.05) is 16.5 Å². The number of anilines is 1. The minimum Gasteiger partial charge on any atom is -0.450 e. The number of hydrogen-bond donors (Lipinski definition) is 1. The summed E-state index contributed by atoms with van der Waals surface area (Å²) in [6, 6.07) is 5.31. The first-order chi connectivity index (χ1) is 9.60. The van der Waals surface area contributed by atoms with Crippen molar-refractivity contribution in [2.75, 3.05) is 11.9 Å². The molecule has 2 rings (SSSR count). The average molecular weight is 332 g/mol. The molecule has 0 spiro atoms. The molecule has 1 amide bonds. The summed E-state index contributed by atoms with van der Waals surface area (Å²) in [5, 5.41) is 12.6. The van der Waals surface area contributed by atoms with Crippen LogP contribution >= 0.6 is 34.5 Å². The Balaban J connectivity index is 2.08. The van der Waals surface area contributed by atoms with Gasteiger partial charge in [0.15, 0.2) is 0 Å². The fourth-order valence-electron chi connectivity index (χ4n) is 1.48. The third-order valence-corrected chi connectivity index (χ3v) is 3.89. The predicted molar refractivity (Wildman–Crippen MR) is 79.8 cm³/mol. The van der Waals surface area contributed by atoms with Crippen molar-refractivity contribution in [2.45, 2.75) is 13.3 Å². The van der Waals surface area contributed by atoms with E-state index in [2.05, 4.69) is 15.5 Å². The quantitative estimate of drug-likeness (QED) is 0.919. The van der Waals surface area contributed by atoms with Gasteiger partial charge in [0.05, 0.1) is 6.61 Å². The summed E-state index contributed by atoms with van der Waals surface area (Å²) in [5.41, 5.74) is 0.787. The number of amides is 1. The molecule has 0 fully saturated rings. The van der Waals surface area contributed by atoms with Crippen LogP contribution in [-0.4, -0.2) is 22.9 Å². The molecule has 0 bridgehead atoms. The van der Waals surface area contributed by atoms with E-state index in [9.17, 15) is 4.79 Å². The molecule has 5 nitrogen and oxygen atoms in total. The second-order valence-electron chi connectivity index (χ2n) is 3.72. The molecule has 2 aromatic rings. The molecular weight excluding hydrogens is 321 g/mol. The number of hydrogen-bond acceptors (Lipinski definition) is 5. The Labute approximate surface area is 129 Å². The van der Waals surface area contributed by atoms with Gasteiger partial charge in [-0.05, 0) is 24.6 Å². The van der Waals surface area contributed by atoms with Crippen LogP contribution in [0.15, 0.2) is 18.2 Å². The van der Waals surface area contributed by atoms with Crippen LogP contribution in [0.3, 0.4) is 0 Å². The molecule has 0 saturated heterocycles. The van der Waals surface area contributed by atoms with E-state index in [1.807, 2.05) is 0 Å². The van der Waals surface area contributed by atoms with Crippen molar-refractivity contribution in [3.8, 4) is 0 Å². The molecule has 0 saturated carbocycles. The summed E-state index contributed by atoms with van der Waals surface area (Å²) in [6.45, 7) is 2.03. The lowest BCUT2D eigenvalue weighted by Gasteiger charge is -2.03. The van der Waals surface area contributed by atoms with Gasteiger partial charge in [0.25, 0.3) is 0 Å². The van der Waals surface area contributed by atoms with E-state index in [4.69, 9.17) is 27.9 Å². The fourth-order valence-corrected chi connectivity index (χ4v) is 2.75. The Kier molecular flexibility index (Phi) is 5.17. The van der Waals surface area contributed by atoms with Gasteiger partial charge in [0.2, 0.25) is 5.13 Å². The number of halogens is 2. The molecule has 0 aliphatic heterocycles. The van der Waals surface area contributed by atoms with Crippen molar-refractivity contribution in [2.24, 2.45) is 0 Å². The van der Waals surface area contributed by atoms with E-state index in [0.29, 0.717) is 33.2 Å². The van der Waals surface area contributed by atoms with Gasteiger partial charge in [0.1, 0.15) is 5.01 Å². The van der Waals surface area contributed by atoms with Crippen LogP contribution in [0, 0.1) is 0 Å². The first-order valence-electron chi connectivity index (χ1n) is 5.79. The van der Waals surface area contributed by atoms with Crippen molar-refractivity contribution in [1.82, 2.24) is 10.2 Å². The molecule has 1 aromatic carbocycles. The highest BCUT2D eigenvalue weighted by atomic mass is 35.5. The predicted octanol–water partition coefficient (Wildman–Crippen LogP) is 4.00. The zero-order valence-electron chi connectivity index (χ0n) is 10.5. The Morgan fingerprint density at radius 3 is 2.70 bits per heavy atom. The van der Waals surface area contributed by atoms with Crippen LogP contribution in [0.2, 0.25) is 10.0 Å². The average Bonchev–Trinajstić information content (AvgIpc) is 2.82. The molecule has 0 radical (unpaired) electrons. The number of nitrogens with one attached hydrogen (secondary N) is 1. The third-order valence-electron chi connectivity index (χ3n) is 2.34. The lowest BCUT2D eigenvalue weighted by Crippen LogP contribution is -2.12. The number of benzene rings is 1. The van der Waals surface area contributed by atoms with E-state index in [0.717, 1.165) is 5.56 Å². The smallest absolute Gasteiger partial charge is 0.413 e. The molecule has 106 valence electrons. The summed E-state index contributed by atoms with van der Waals surface area (Å²) < 4.78 is 4.76. The van der Waals surface area contributed by atoms with Gasteiger partial charge in [-0.2, -0.15) is 0 Å². The van der Waals surface area contributed by atoms with Crippen molar-refractivity contribution in [3.63, 3.8) is 0 Å². The molecular formula is C12H11Cl2N3O2S. The van der Waals surface area contributed by atoms with E-state index in [1.54, 1.807) is 25.1 Å². The number of carbonyl (C=O) groups is 1. The SMILES string of the molecule is CCOC(=O)Nc1nnc(Cc2c(Cl)cccc2Cl)s1. The van der Waals surface area contributed by atoms with Crippen LogP contribution in [0.1, 0.15) is 17.5 Å². The summed E-state index contributed by atoms with van der Waals surface area (Å²) in [5.74, 6) is 0. The van der Waals surface area contributed by atoms with Gasteiger partial charge < -0.3 is 4.74 Å². The highest BCUT2D eigenvalue weighted by molar-refractivity contribution is 7.15. The van der Waals surface area contributed by atoms with Crippen LogP contribution in [0.4, 0.5) is 9.93 Å². The number of rotatable bonds is 4. The Hall–Kier alpha value is -1.37. The molecule has 20 heavy (non-hydrogen) atoms. The van der Waals surface area contributed by atoms with E-state index in [-0.39, 0.29) is 0 Å². The molecule has 1 heterocycles. The normalized spacial score (nSPS) is 10.3. The largest absolute Gasteiger partial charge is 0.450 e. The van der Waals surface area contributed by atoms with Crippen molar-refractivity contribution >= 4 is 45.8 Å². The molecule has 1 N–H and O–H groups in total. The summed E-state index contributed by atoms with van der Waals surface area (Å²) in [4.78, 5) is 11.3. The fraction of sp³-hybridized carbons (Fsp3) is 0.250. The van der Waals surface area contributed by atoms with Crippen molar-refractivity contribution < 1.29 is 9.53 Å².